The van der Waals surface area contributed by atoms with Crippen molar-refractivity contribution >= 4 is 85.4 Å². The Morgan fingerprint density at radius 1 is 0.674 bits per heavy atom. The van der Waals surface area contributed by atoms with Crippen molar-refractivity contribution in [3.8, 4) is 5.30 Å². The Labute approximate surface area is 303 Å². The summed E-state index contributed by atoms with van der Waals surface area (Å²) in [4.78, 5) is 0. The Kier molecular flexibility index (Phi) is 9.48. The van der Waals surface area contributed by atoms with Gasteiger partial charge in [0, 0.05) is 0 Å². The fourth-order valence-electron chi connectivity index (χ4n) is 6.49. The Bertz CT molecular complexity index is 2050. The third-order valence-corrected chi connectivity index (χ3v) is 17.3. The molecule has 7 aromatic rings. The van der Waals surface area contributed by atoms with E-state index in [2.05, 4.69) is 142 Å². The van der Waals surface area contributed by atoms with Crippen LogP contribution in [-0.2, 0) is 23.2 Å². The van der Waals surface area contributed by atoms with Gasteiger partial charge in [-0.2, -0.15) is 0 Å². The summed E-state index contributed by atoms with van der Waals surface area (Å²) in [6.45, 7) is 0. The van der Waals surface area contributed by atoms with Crippen LogP contribution in [0.3, 0.4) is 0 Å². The van der Waals surface area contributed by atoms with E-state index in [-0.39, 0.29) is 30.6 Å². The van der Waals surface area contributed by atoms with Crippen molar-refractivity contribution < 1.29 is 52.4 Å². The average molecular weight is 920 g/mol. The molecular formula is C36H22Cl2FI2PZr. The fourth-order valence-corrected chi connectivity index (χ4v) is 17.2. The minimum Gasteiger partial charge on any atom is -1.00 e. The zero-order valence-corrected chi connectivity index (χ0v) is 31.7. The largest absolute Gasteiger partial charge is 1.00 e. The minimum absolute atomic E-state index is 0. The predicted octanol–water partition coefficient (Wildman–Crippen LogP) is 5.67. The summed E-state index contributed by atoms with van der Waals surface area (Å²) in [7, 11) is -0.789. The van der Waals surface area contributed by atoms with Gasteiger partial charge in [-0.15, -0.1) is 0 Å². The van der Waals surface area contributed by atoms with E-state index in [4.69, 9.17) is 0 Å². The van der Waals surface area contributed by atoms with Gasteiger partial charge in [-0.3, -0.25) is 0 Å². The third kappa shape index (κ3) is 5.47. The van der Waals surface area contributed by atoms with Crippen LogP contribution in [-0.4, -0.2) is 0 Å². The molecule has 0 saturated heterocycles. The molecule has 0 nitrogen and oxygen atoms in total. The number of allylic oxidation sites excluding steroid dienone is 1. The molecule has 0 spiro atoms. The Morgan fingerprint density at radius 2 is 1.40 bits per heavy atom. The van der Waals surface area contributed by atoms with E-state index in [1.807, 2.05) is 12.1 Å². The minimum atomic E-state index is -1.14. The molecule has 3 atom stereocenters. The maximum absolute atomic E-state index is 14.0. The summed E-state index contributed by atoms with van der Waals surface area (Å²) in [5.41, 5.74) is 8.79. The summed E-state index contributed by atoms with van der Waals surface area (Å²) in [6, 6.07) is 41.5. The van der Waals surface area contributed by atoms with Gasteiger partial charge in [0.2, 0.25) is 0 Å². The summed E-state index contributed by atoms with van der Waals surface area (Å²) in [5.74, 6) is -0.181. The van der Waals surface area contributed by atoms with E-state index < -0.39 is 30.8 Å². The molecule has 2 aliphatic rings. The first-order valence-electron chi connectivity index (χ1n) is 13.6. The first-order valence-corrected chi connectivity index (χ1v) is 19.9. The van der Waals surface area contributed by atoms with Gasteiger partial charge in [-0.1, -0.05) is 0 Å². The van der Waals surface area contributed by atoms with E-state index in [1.54, 1.807) is 12.1 Å². The second-order valence-electron chi connectivity index (χ2n) is 10.6. The monoisotopic (exact) mass is 918 g/mol. The summed E-state index contributed by atoms with van der Waals surface area (Å²) < 4.78 is 17.6. The van der Waals surface area contributed by atoms with E-state index in [0.29, 0.717) is 7.25 Å². The molecule has 43 heavy (non-hydrogen) atoms. The third-order valence-electron chi connectivity index (χ3n) is 8.33. The first-order chi connectivity index (χ1) is 20.1. The van der Waals surface area contributed by atoms with Crippen LogP contribution in [0.15, 0.2) is 115 Å². The number of hydrogen-bond acceptors (Lipinski definition) is 0. The van der Waals surface area contributed by atoms with E-state index in [0.717, 1.165) is 0 Å². The summed E-state index contributed by atoms with van der Waals surface area (Å²) in [6.07, 6.45) is 2.46. The molecule has 0 aliphatic heterocycles. The summed E-state index contributed by atoms with van der Waals surface area (Å²) in [5, 5.41) is 6.69. The van der Waals surface area contributed by atoms with Gasteiger partial charge in [-0.05, 0) is 0 Å². The van der Waals surface area contributed by atoms with Crippen LogP contribution in [0.4, 0.5) is 4.39 Å². The topological polar surface area (TPSA) is 0 Å². The predicted molar refractivity (Wildman–Crippen MR) is 185 cm³/mol. The van der Waals surface area contributed by atoms with E-state index in [9.17, 15) is 4.39 Å². The molecule has 3 unspecified atom stereocenters. The van der Waals surface area contributed by atoms with Crippen molar-refractivity contribution in [2.45, 2.75) is 7.25 Å². The maximum atomic E-state index is 14.0. The summed E-state index contributed by atoms with van der Waals surface area (Å²) >= 11 is 4.00. The van der Waals surface area contributed by atoms with Crippen molar-refractivity contribution in [2.24, 2.45) is 0 Å². The van der Waals surface area contributed by atoms with Gasteiger partial charge in [0.15, 0.2) is 0 Å². The number of benzene rings is 5. The van der Waals surface area contributed by atoms with Crippen LogP contribution in [0.5, 0.6) is 0 Å². The SMILES string of the molecule is Fc1ccc(-p2c3ccc(cc3)c3cc4c(c(I)ccc42)[CH]3[Zr+2][CH]2C(c3ccccc3)=Cc3cccc(I)c32)cc1.[Cl-].[Cl-]. The Hall–Kier alpha value is -1.27. The van der Waals surface area contributed by atoms with Gasteiger partial charge in [0.25, 0.3) is 0 Å². The van der Waals surface area contributed by atoms with Crippen molar-refractivity contribution in [3.63, 3.8) is 0 Å². The van der Waals surface area contributed by atoms with Gasteiger partial charge in [0.1, 0.15) is 0 Å². The number of fused-ring (bicyclic) bond motifs is 3. The molecule has 0 amide bonds. The molecular weight excluding hydrogens is 898 g/mol. The average Bonchev–Trinajstić information content (AvgIpc) is 3.59. The molecule has 2 heterocycles. The zero-order valence-electron chi connectivity index (χ0n) is 22.5. The Morgan fingerprint density at radius 3 is 2.14 bits per heavy atom. The van der Waals surface area contributed by atoms with Crippen molar-refractivity contribution in [2.75, 3.05) is 0 Å². The van der Waals surface area contributed by atoms with Crippen LogP contribution in [0.1, 0.15) is 35.1 Å². The van der Waals surface area contributed by atoms with Gasteiger partial charge in [0.05, 0.1) is 0 Å². The number of rotatable bonds is 4. The van der Waals surface area contributed by atoms with Crippen LogP contribution in [0, 0.1) is 13.0 Å². The molecule has 2 aromatic heterocycles. The molecule has 0 N–H and O–H groups in total. The second kappa shape index (κ2) is 12.9. The van der Waals surface area contributed by atoms with Crippen LogP contribution < -0.4 is 24.8 Å². The molecule has 9 rings (SSSR count). The standard InChI is InChI=1S/C21H12FIP.C15H10I.2ClH.Zr/c22-15-3-7-17(8-4-15)24-16-5-1-13(2-6-16)14-11-18-19(12-14)21(24)10-9-20(18)23;16-15-8-4-7-12-9-13(10-14(12)15)11-5-2-1-3-6-11;;;/h1-12H;1-10H;2*1H;/q;;;;+2/p-2. The second-order valence-corrected chi connectivity index (χ2v) is 18.8. The molecule has 0 fully saturated rings. The molecule has 4 bridgehead atoms. The number of hydrogen-bond donors (Lipinski definition) is 0. The molecule has 7 heteroatoms. The van der Waals surface area contributed by atoms with Crippen molar-refractivity contribution in [3.05, 3.63) is 156 Å². The smallest absolute Gasteiger partial charge is 1.00 e. The molecule has 210 valence electrons. The van der Waals surface area contributed by atoms with Gasteiger partial charge in [-0.25, -0.2) is 0 Å². The Balaban J connectivity index is 0.00000165. The molecule has 5 aromatic carbocycles. The van der Waals surface area contributed by atoms with Crippen molar-refractivity contribution in [1.82, 2.24) is 0 Å². The normalized spacial score (nSPS) is 16.3. The molecule has 2 aliphatic carbocycles. The molecule has 0 radical (unpaired) electrons. The maximum Gasteiger partial charge on any atom is -1.00 e. The number of halogens is 5. The first kappa shape index (κ1) is 31.7. The van der Waals surface area contributed by atoms with Crippen molar-refractivity contribution in [1.29, 1.82) is 0 Å². The quantitative estimate of drug-likeness (QED) is 0.201. The van der Waals surface area contributed by atoms with E-state index >= 15 is 0 Å². The van der Waals surface area contributed by atoms with Gasteiger partial charge < -0.3 is 24.8 Å². The van der Waals surface area contributed by atoms with Crippen LogP contribution in [0.25, 0.3) is 38.0 Å². The zero-order chi connectivity index (χ0) is 27.7. The van der Waals surface area contributed by atoms with Gasteiger partial charge >= 0.3 is 282 Å². The van der Waals surface area contributed by atoms with Crippen LogP contribution >= 0.6 is 52.7 Å². The molecule has 0 saturated carbocycles. The van der Waals surface area contributed by atoms with E-state index in [1.165, 1.54) is 66.8 Å². The fraction of sp³-hybridized carbons (Fsp3) is 0.0556. The van der Waals surface area contributed by atoms with Crippen LogP contribution in [0.2, 0.25) is 0 Å².